The van der Waals surface area contributed by atoms with Crippen LogP contribution in [0.4, 0.5) is 0 Å². The van der Waals surface area contributed by atoms with Crippen LogP contribution in [0.2, 0.25) is 0 Å². The van der Waals surface area contributed by atoms with Gasteiger partial charge in [-0.15, -0.1) is 0 Å². The molecule has 1 aliphatic heterocycles. The molecule has 0 saturated carbocycles. The lowest BCUT2D eigenvalue weighted by molar-refractivity contribution is 0.268. The molecule has 1 aliphatic rings. The molecule has 100 valence electrons. The van der Waals surface area contributed by atoms with Gasteiger partial charge in [-0.2, -0.15) is 0 Å². The average molecular weight is 246 g/mol. The maximum Gasteiger partial charge on any atom is 0.0109 e. The summed E-state index contributed by atoms with van der Waals surface area (Å²) in [5, 5.41) is 0. The molecule has 1 saturated heterocycles. The summed E-state index contributed by atoms with van der Waals surface area (Å²) in [6, 6.07) is 10.9. The minimum Gasteiger partial charge on any atom is -0.305 e. The Labute approximate surface area is 112 Å². The third-order valence-corrected chi connectivity index (χ3v) is 4.06. The number of rotatable bonds is 4. The van der Waals surface area contributed by atoms with Gasteiger partial charge in [-0.3, -0.25) is 0 Å². The molecule has 1 fully saturated rings. The minimum atomic E-state index is 0.673. The van der Waals surface area contributed by atoms with Crippen LogP contribution in [0.3, 0.4) is 0 Å². The first-order chi connectivity index (χ1) is 8.75. The Balaban J connectivity index is 1.77. The summed E-state index contributed by atoms with van der Waals surface area (Å²) in [5.41, 5.74) is 1.48. The largest absolute Gasteiger partial charge is 0.305 e. The predicted octanol–water partition coefficient (Wildman–Crippen LogP) is 2.82. The van der Waals surface area contributed by atoms with E-state index in [0.717, 1.165) is 0 Å². The predicted molar refractivity (Wildman–Crippen MR) is 78.0 cm³/mol. The SMILES string of the molecule is CC(CCN1CCCN(C)CC1)c1ccccc1. The van der Waals surface area contributed by atoms with E-state index >= 15 is 0 Å². The highest BCUT2D eigenvalue weighted by atomic mass is 15.2. The summed E-state index contributed by atoms with van der Waals surface area (Å²) < 4.78 is 0. The Morgan fingerprint density at radius 1 is 1.06 bits per heavy atom. The third kappa shape index (κ3) is 4.11. The molecule has 1 aromatic carbocycles. The number of likely N-dealkylation sites (N-methyl/N-ethyl adjacent to an activating group) is 1. The third-order valence-electron chi connectivity index (χ3n) is 4.06. The van der Waals surface area contributed by atoms with Crippen LogP contribution in [0, 0.1) is 0 Å². The Kier molecular flexibility index (Phi) is 5.21. The topological polar surface area (TPSA) is 6.48 Å². The molecule has 2 rings (SSSR count). The van der Waals surface area contributed by atoms with Crippen molar-refractivity contribution in [1.82, 2.24) is 9.80 Å². The highest BCUT2D eigenvalue weighted by Gasteiger charge is 2.13. The first-order valence-electron chi connectivity index (χ1n) is 7.21. The molecule has 0 amide bonds. The van der Waals surface area contributed by atoms with Crippen molar-refractivity contribution < 1.29 is 0 Å². The van der Waals surface area contributed by atoms with Crippen LogP contribution >= 0.6 is 0 Å². The fraction of sp³-hybridized carbons (Fsp3) is 0.625. The van der Waals surface area contributed by atoms with Gasteiger partial charge in [0.05, 0.1) is 0 Å². The molecule has 0 aliphatic carbocycles. The summed E-state index contributed by atoms with van der Waals surface area (Å²) in [6.07, 6.45) is 2.59. The monoisotopic (exact) mass is 246 g/mol. The molecule has 0 aromatic heterocycles. The molecule has 0 N–H and O–H groups in total. The highest BCUT2D eigenvalue weighted by molar-refractivity contribution is 5.18. The van der Waals surface area contributed by atoms with Gasteiger partial charge in [0.1, 0.15) is 0 Å². The van der Waals surface area contributed by atoms with Gasteiger partial charge >= 0.3 is 0 Å². The molecule has 0 radical (unpaired) electrons. The van der Waals surface area contributed by atoms with E-state index in [2.05, 4.69) is 54.1 Å². The molecule has 1 atom stereocenters. The summed E-state index contributed by atoms with van der Waals surface area (Å²) in [5.74, 6) is 0.673. The normalized spacial score (nSPS) is 20.6. The Bertz CT molecular complexity index is 336. The average Bonchev–Trinajstić information content (AvgIpc) is 2.62. The highest BCUT2D eigenvalue weighted by Crippen LogP contribution is 2.19. The second-order valence-electron chi connectivity index (χ2n) is 5.60. The molecule has 18 heavy (non-hydrogen) atoms. The molecule has 0 spiro atoms. The van der Waals surface area contributed by atoms with Crippen molar-refractivity contribution in [2.24, 2.45) is 0 Å². The Morgan fingerprint density at radius 3 is 2.61 bits per heavy atom. The van der Waals surface area contributed by atoms with Crippen LogP contribution in [-0.2, 0) is 0 Å². The quantitative estimate of drug-likeness (QED) is 0.806. The molecule has 1 aromatic rings. The first kappa shape index (κ1) is 13.6. The van der Waals surface area contributed by atoms with E-state index in [1.54, 1.807) is 0 Å². The van der Waals surface area contributed by atoms with Crippen LogP contribution in [0.1, 0.15) is 31.2 Å². The first-order valence-corrected chi connectivity index (χ1v) is 7.21. The molecule has 1 unspecified atom stereocenters. The summed E-state index contributed by atoms with van der Waals surface area (Å²) in [6.45, 7) is 8.57. The Hall–Kier alpha value is -0.860. The molecule has 1 heterocycles. The van der Waals surface area contributed by atoms with Gasteiger partial charge in [-0.05, 0) is 51.0 Å². The van der Waals surface area contributed by atoms with Crippen LogP contribution in [0.25, 0.3) is 0 Å². The van der Waals surface area contributed by atoms with E-state index in [-0.39, 0.29) is 0 Å². The van der Waals surface area contributed by atoms with Crippen LogP contribution < -0.4 is 0 Å². The summed E-state index contributed by atoms with van der Waals surface area (Å²) >= 11 is 0. The van der Waals surface area contributed by atoms with E-state index in [9.17, 15) is 0 Å². The van der Waals surface area contributed by atoms with Gasteiger partial charge in [0.15, 0.2) is 0 Å². The number of benzene rings is 1. The van der Waals surface area contributed by atoms with Gasteiger partial charge < -0.3 is 9.80 Å². The summed E-state index contributed by atoms with van der Waals surface area (Å²) in [4.78, 5) is 5.07. The van der Waals surface area contributed by atoms with Crippen molar-refractivity contribution in [3.63, 3.8) is 0 Å². The lowest BCUT2D eigenvalue weighted by atomic mass is 9.98. The molecular weight excluding hydrogens is 220 g/mol. The Morgan fingerprint density at radius 2 is 1.83 bits per heavy atom. The lowest BCUT2D eigenvalue weighted by Gasteiger charge is -2.22. The second kappa shape index (κ2) is 6.91. The van der Waals surface area contributed by atoms with Crippen molar-refractivity contribution in [1.29, 1.82) is 0 Å². The van der Waals surface area contributed by atoms with Crippen molar-refractivity contribution in [3.05, 3.63) is 35.9 Å². The van der Waals surface area contributed by atoms with Crippen molar-refractivity contribution in [3.8, 4) is 0 Å². The lowest BCUT2D eigenvalue weighted by Crippen LogP contribution is -2.30. The van der Waals surface area contributed by atoms with E-state index in [1.807, 2.05) is 0 Å². The molecule has 2 heteroatoms. The van der Waals surface area contributed by atoms with Gasteiger partial charge in [0, 0.05) is 13.1 Å². The van der Waals surface area contributed by atoms with Gasteiger partial charge in [-0.25, -0.2) is 0 Å². The minimum absolute atomic E-state index is 0.673. The van der Waals surface area contributed by atoms with E-state index < -0.39 is 0 Å². The fourth-order valence-electron chi connectivity index (χ4n) is 2.65. The van der Waals surface area contributed by atoms with Crippen LogP contribution in [0.15, 0.2) is 30.3 Å². The zero-order chi connectivity index (χ0) is 12.8. The molecule has 2 nitrogen and oxygen atoms in total. The number of hydrogen-bond donors (Lipinski definition) is 0. The maximum atomic E-state index is 2.63. The fourth-order valence-corrected chi connectivity index (χ4v) is 2.65. The zero-order valence-corrected chi connectivity index (χ0v) is 11.8. The molecular formula is C16H26N2. The van der Waals surface area contributed by atoms with Crippen LogP contribution in [0.5, 0.6) is 0 Å². The maximum absolute atomic E-state index is 2.63. The smallest absolute Gasteiger partial charge is 0.0109 e. The second-order valence-corrected chi connectivity index (χ2v) is 5.60. The summed E-state index contributed by atoms with van der Waals surface area (Å²) in [7, 11) is 2.23. The van der Waals surface area contributed by atoms with E-state index in [1.165, 1.54) is 51.1 Å². The van der Waals surface area contributed by atoms with E-state index in [0.29, 0.717) is 5.92 Å². The van der Waals surface area contributed by atoms with Gasteiger partial charge in [-0.1, -0.05) is 37.3 Å². The number of nitrogens with zero attached hydrogens (tertiary/aromatic N) is 2. The number of hydrogen-bond acceptors (Lipinski definition) is 2. The van der Waals surface area contributed by atoms with Crippen molar-refractivity contribution >= 4 is 0 Å². The molecule has 0 bridgehead atoms. The van der Waals surface area contributed by atoms with Gasteiger partial charge in [0.25, 0.3) is 0 Å². The standard InChI is InChI=1S/C16H26N2/c1-15(16-7-4-3-5-8-16)9-12-18-11-6-10-17(2)13-14-18/h3-5,7-8,15H,6,9-14H2,1-2H3. The zero-order valence-electron chi connectivity index (χ0n) is 11.8. The van der Waals surface area contributed by atoms with Crippen molar-refractivity contribution in [2.75, 3.05) is 39.8 Å². The van der Waals surface area contributed by atoms with Gasteiger partial charge in [0.2, 0.25) is 0 Å². The van der Waals surface area contributed by atoms with E-state index in [4.69, 9.17) is 0 Å². The van der Waals surface area contributed by atoms with Crippen LogP contribution in [-0.4, -0.2) is 49.6 Å². The van der Waals surface area contributed by atoms with Crippen molar-refractivity contribution in [2.45, 2.75) is 25.7 Å².